The van der Waals surface area contributed by atoms with E-state index in [0.29, 0.717) is 6.54 Å². The van der Waals surface area contributed by atoms with Crippen molar-refractivity contribution in [1.29, 1.82) is 5.26 Å². The van der Waals surface area contributed by atoms with E-state index < -0.39 is 0 Å². The number of nitriles is 1. The first-order valence-electron chi connectivity index (χ1n) is 5.22. The quantitative estimate of drug-likeness (QED) is 0.507. The average molecular weight is 179 g/mol. The molecule has 2 fully saturated rings. The maximum absolute atomic E-state index is 8.37. The lowest BCUT2D eigenvalue weighted by atomic mass is 10.1. The lowest BCUT2D eigenvalue weighted by molar-refractivity contribution is 0.312. The molecular weight excluding hydrogens is 162 g/mol. The second kappa shape index (κ2) is 4.08. The van der Waals surface area contributed by atoms with Crippen LogP contribution in [0.5, 0.6) is 0 Å². The van der Waals surface area contributed by atoms with Crippen LogP contribution in [0.15, 0.2) is 0 Å². The molecule has 1 unspecified atom stereocenters. The normalized spacial score (nSPS) is 29.0. The zero-order valence-corrected chi connectivity index (χ0v) is 8.00. The summed E-state index contributed by atoms with van der Waals surface area (Å²) in [6.45, 7) is 4.06. The number of rotatable bonds is 4. The van der Waals surface area contributed by atoms with E-state index in [1.54, 1.807) is 0 Å². The van der Waals surface area contributed by atoms with Gasteiger partial charge < -0.3 is 10.2 Å². The molecule has 0 amide bonds. The largest absolute Gasteiger partial charge is 0.304 e. The van der Waals surface area contributed by atoms with Gasteiger partial charge in [-0.05, 0) is 31.7 Å². The number of nitrogens with one attached hydrogen (secondary N) is 1. The molecule has 1 aliphatic heterocycles. The number of nitrogens with zero attached hydrogens (tertiary/aromatic N) is 2. The van der Waals surface area contributed by atoms with Crippen LogP contribution in [0.3, 0.4) is 0 Å². The van der Waals surface area contributed by atoms with Gasteiger partial charge in [0.05, 0.1) is 12.6 Å². The fraction of sp³-hybridized carbons (Fsp3) is 0.900. The molecule has 3 nitrogen and oxygen atoms in total. The van der Waals surface area contributed by atoms with Crippen LogP contribution in [-0.2, 0) is 0 Å². The van der Waals surface area contributed by atoms with Crippen molar-refractivity contribution in [3.05, 3.63) is 0 Å². The summed E-state index contributed by atoms with van der Waals surface area (Å²) in [6, 6.07) is 3.03. The molecule has 72 valence electrons. The first kappa shape index (κ1) is 8.98. The number of hydrogen-bond donors (Lipinski definition) is 1. The Morgan fingerprint density at radius 3 is 2.92 bits per heavy atom. The molecule has 13 heavy (non-hydrogen) atoms. The molecule has 1 heterocycles. The van der Waals surface area contributed by atoms with Gasteiger partial charge in [0.25, 0.3) is 0 Å². The Hall–Kier alpha value is -0.590. The molecule has 2 rings (SSSR count). The summed E-state index contributed by atoms with van der Waals surface area (Å²) in [5.41, 5.74) is 0. The predicted molar refractivity (Wildman–Crippen MR) is 51.2 cm³/mol. The molecule has 3 heteroatoms. The van der Waals surface area contributed by atoms with Crippen LogP contribution in [0.1, 0.15) is 19.3 Å². The monoisotopic (exact) mass is 179 g/mol. The van der Waals surface area contributed by atoms with Crippen LogP contribution in [0.4, 0.5) is 0 Å². The van der Waals surface area contributed by atoms with E-state index in [1.165, 1.54) is 32.4 Å². The minimum absolute atomic E-state index is 0.500. The number of likely N-dealkylation sites (tertiary alicyclic amines) is 1. The maximum Gasteiger partial charge on any atom is 0.0841 e. The van der Waals surface area contributed by atoms with Gasteiger partial charge in [-0.15, -0.1) is 0 Å². The van der Waals surface area contributed by atoms with E-state index in [1.807, 2.05) is 0 Å². The van der Waals surface area contributed by atoms with Crippen molar-refractivity contribution in [3.63, 3.8) is 0 Å². The Morgan fingerprint density at radius 1 is 1.38 bits per heavy atom. The molecule has 1 saturated carbocycles. The second-order valence-corrected chi connectivity index (χ2v) is 4.17. The Morgan fingerprint density at radius 2 is 2.23 bits per heavy atom. The maximum atomic E-state index is 8.37. The van der Waals surface area contributed by atoms with Gasteiger partial charge in [-0.3, -0.25) is 0 Å². The van der Waals surface area contributed by atoms with E-state index in [2.05, 4.69) is 16.3 Å². The molecule has 0 aromatic rings. The summed E-state index contributed by atoms with van der Waals surface area (Å²) >= 11 is 0. The van der Waals surface area contributed by atoms with Gasteiger partial charge in [0.2, 0.25) is 0 Å². The molecule has 0 spiro atoms. The minimum Gasteiger partial charge on any atom is -0.304 e. The van der Waals surface area contributed by atoms with Gasteiger partial charge in [0, 0.05) is 19.1 Å². The molecule has 1 atom stereocenters. The highest BCUT2D eigenvalue weighted by atomic mass is 15.2. The molecule has 0 bridgehead atoms. The van der Waals surface area contributed by atoms with E-state index >= 15 is 0 Å². The molecular formula is C10H17N3. The van der Waals surface area contributed by atoms with E-state index in [9.17, 15) is 0 Å². The average Bonchev–Trinajstić information content (AvgIpc) is 2.88. The van der Waals surface area contributed by atoms with Crippen molar-refractivity contribution in [2.45, 2.75) is 25.3 Å². The molecule has 0 radical (unpaired) electrons. The topological polar surface area (TPSA) is 39.1 Å². The van der Waals surface area contributed by atoms with E-state index in [0.717, 1.165) is 18.5 Å². The predicted octanol–water partition coefficient (Wildman–Crippen LogP) is 0.584. The fourth-order valence-electron chi connectivity index (χ4n) is 2.13. The standard InChI is InChI=1S/C10H17N3/c11-4-5-12-7-9-3-6-13(8-9)10-1-2-10/h9-10,12H,1-3,5-8H2. The third-order valence-electron chi connectivity index (χ3n) is 3.02. The first-order valence-corrected chi connectivity index (χ1v) is 5.22. The zero-order chi connectivity index (χ0) is 9.10. The fourth-order valence-corrected chi connectivity index (χ4v) is 2.13. The van der Waals surface area contributed by atoms with Crippen molar-refractivity contribution in [3.8, 4) is 6.07 Å². The number of hydrogen-bond acceptors (Lipinski definition) is 3. The SMILES string of the molecule is N#CCNCC1CCN(C2CC2)C1. The van der Waals surface area contributed by atoms with Crippen molar-refractivity contribution >= 4 is 0 Å². The summed E-state index contributed by atoms with van der Waals surface area (Å²) in [5, 5.41) is 11.5. The van der Waals surface area contributed by atoms with Crippen LogP contribution in [0.2, 0.25) is 0 Å². The summed E-state index contributed by atoms with van der Waals surface area (Å²) in [5.74, 6) is 0.786. The molecule has 0 aromatic carbocycles. The van der Waals surface area contributed by atoms with Crippen LogP contribution in [-0.4, -0.2) is 37.1 Å². The Balaban J connectivity index is 1.63. The van der Waals surface area contributed by atoms with Gasteiger partial charge in [-0.25, -0.2) is 0 Å². The zero-order valence-electron chi connectivity index (χ0n) is 8.00. The van der Waals surface area contributed by atoms with Crippen LogP contribution in [0.25, 0.3) is 0 Å². The Labute approximate surface area is 79.7 Å². The van der Waals surface area contributed by atoms with Crippen LogP contribution in [0, 0.1) is 17.2 Å². The summed E-state index contributed by atoms with van der Waals surface area (Å²) in [6.07, 6.45) is 4.14. The lowest BCUT2D eigenvalue weighted by Crippen LogP contribution is -2.27. The molecule has 1 aliphatic carbocycles. The van der Waals surface area contributed by atoms with Crippen LogP contribution >= 0.6 is 0 Å². The lowest BCUT2D eigenvalue weighted by Gasteiger charge is -2.14. The molecule has 1 N–H and O–H groups in total. The van der Waals surface area contributed by atoms with Gasteiger partial charge in [-0.1, -0.05) is 0 Å². The molecule has 2 aliphatic rings. The smallest absolute Gasteiger partial charge is 0.0841 e. The first-order chi connectivity index (χ1) is 6.40. The molecule has 0 aromatic heterocycles. The van der Waals surface area contributed by atoms with Crippen molar-refractivity contribution in [2.24, 2.45) is 5.92 Å². The summed E-state index contributed by atoms with van der Waals surface area (Å²) < 4.78 is 0. The third-order valence-corrected chi connectivity index (χ3v) is 3.02. The van der Waals surface area contributed by atoms with Crippen molar-refractivity contribution in [1.82, 2.24) is 10.2 Å². The van der Waals surface area contributed by atoms with Gasteiger partial charge in [-0.2, -0.15) is 5.26 Å². The van der Waals surface area contributed by atoms with Gasteiger partial charge >= 0.3 is 0 Å². The minimum atomic E-state index is 0.500. The molecule has 1 saturated heterocycles. The highest BCUT2D eigenvalue weighted by molar-refractivity contribution is 4.90. The van der Waals surface area contributed by atoms with E-state index in [-0.39, 0.29) is 0 Å². The Kier molecular flexibility index (Phi) is 2.82. The summed E-state index contributed by atoms with van der Waals surface area (Å²) in [7, 11) is 0. The van der Waals surface area contributed by atoms with E-state index in [4.69, 9.17) is 5.26 Å². The highest BCUT2D eigenvalue weighted by Gasteiger charge is 2.33. The van der Waals surface area contributed by atoms with Gasteiger partial charge in [0.1, 0.15) is 0 Å². The van der Waals surface area contributed by atoms with Crippen molar-refractivity contribution in [2.75, 3.05) is 26.2 Å². The Bertz CT molecular complexity index is 205. The second-order valence-electron chi connectivity index (χ2n) is 4.17. The summed E-state index contributed by atoms with van der Waals surface area (Å²) in [4.78, 5) is 2.61. The van der Waals surface area contributed by atoms with Crippen LogP contribution < -0.4 is 5.32 Å². The van der Waals surface area contributed by atoms with Crippen molar-refractivity contribution < 1.29 is 0 Å². The highest BCUT2D eigenvalue weighted by Crippen LogP contribution is 2.31. The van der Waals surface area contributed by atoms with Gasteiger partial charge in [0.15, 0.2) is 0 Å². The third kappa shape index (κ3) is 2.43.